The van der Waals surface area contributed by atoms with Crippen molar-refractivity contribution < 1.29 is 0 Å². The Morgan fingerprint density at radius 3 is 2.70 bits per heavy atom. The standard InChI is InChI=1S/C17H25NS2/c1-13-15(10-6-12-19-13)18-16-9-4-5-11-17(16)20-14-7-2-3-8-14/h4-5,9,11,13-15,18H,2-3,6-8,10,12H2,1H3. The molecule has 1 saturated heterocycles. The van der Waals surface area contributed by atoms with Crippen molar-refractivity contribution in [2.75, 3.05) is 11.1 Å². The van der Waals surface area contributed by atoms with Gasteiger partial charge in [0.2, 0.25) is 0 Å². The van der Waals surface area contributed by atoms with E-state index >= 15 is 0 Å². The third-order valence-electron chi connectivity index (χ3n) is 4.43. The molecule has 0 bridgehead atoms. The molecule has 2 unspecified atom stereocenters. The molecular formula is C17H25NS2. The number of anilines is 1. The predicted octanol–water partition coefficient (Wildman–Crippen LogP) is 5.42. The van der Waals surface area contributed by atoms with E-state index in [1.807, 2.05) is 0 Å². The zero-order valence-electron chi connectivity index (χ0n) is 12.3. The van der Waals surface area contributed by atoms with Crippen LogP contribution in [0.3, 0.4) is 0 Å². The molecular weight excluding hydrogens is 282 g/mol. The Morgan fingerprint density at radius 1 is 1.10 bits per heavy atom. The second-order valence-corrected chi connectivity index (χ2v) is 8.82. The van der Waals surface area contributed by atoms with Gasteiger partial charge in [-0.3, -0.25) is 0 Å². The highest BCUT2D eigenvalue weighted by Crippen LogP contribution is 2.39. The molecule has 2 fully saturated rings. The average Bonchev–Trinajstić information content (AvgIpc) is 2.96. The fourth-order valence-electron chi connectivity index (χ4n) is 3.19. The Morgan fingerprint density at radius 2 is 1.90 bits per heavy atom. The van der Waals surface area contributed by atoms with Crippen LogP contribution in [0.1, 0.15) is 45.4 Å². The quantitative estimate of drug-likeness (QED) is 0.798. The summed E-state index contributed by atoms with van der Waals surface area (Å²) in [6, 6.07) is 9.55. The first-order chi connectivity index (χ1) is 9.83. The van der Waals surface area contributed by atoms with E-state index in [1.54, 1.807) is 0 Å². The Hall–Kier alpha value is -0.280. The molecule has 3 heteroatoms. The Balaban J connectivity index is 1.68. The molecule has 0 amide bonds. The van der Waals surface area contributed by atoms with Gasteiger partial charge in [0.15, 0.2) is 0 Å². The van der Waals surface area contributed by atoms with Gasteiger partial charge in [-0.05, 0) is 43.6 Å². The van der Waals surface area contributed by atoms with Gasteiger partial charge in [0.1, 0.15) is 0 Å². The van der Waals surface area contributed by atoms with Gasteiger partial charge < -0.3 is 5.32 Å². The highest BCUT2D eigenvalue weighted by molar-refractivity contribution is 8.00. The lowest BCUT2D eigenvalue weighted by Gasteiger charge is -2.30. The molecule has 20 heavy (non-hydrogen) atoms. The van der Waals surface area contributed by atoms with Crippen molar-refractivity contribution in [2.24, 2.45) is 0 Å². The van der Waals surface area contributed by atoms with E-state index in [-0.39, 0.29) is 0 Å². The molecule has 1 heterocycles. The monoisotopic (exact) mass is 307 g/mol. The second kappa shape index (κ2) is 7.13. The molecule has 2 aliphatic rings. The summed E-state index contributed by atoms with van der Waals surface area (Å²) in [5.74, 6) is 1.33. The van der Waals surface area contributed by atoms with Crippen LogP contribution in [-0.2, 0) is 0 Å². The SMILES string of the molecule is CC1SCCCC1Nc1ccccc1SC1CCCC1. The summed E-state index contributed by atoms with van der Waals surface area (Å²) in [6.45, 7) is 2.37. The van der Waals surface area contributed by atoms with Crippen molar-refractivity contribution in [3.8, 4) is 0 Å². The van der Waals surface area contributed by atoms with Crippen LogP contribution in [0.15, 0.2) is 29.2 Å². The van der Waals surface area contributed by atoms with Gasteiger partial charge in [0.05, 0.1) is 0 Å². The van der Waals surface area contributed by atoms with E-state index in [0.29, 0.717) is 6.04 Å². The van der Waals surface area contributed by atoms with E-state index in [4.69, 9.17) is 0 Å². The summed E-state index contributed by atoms with van der Waals surface area (Å²) in [5, 5.41) is 5.41. The van der Waals surface area contributed by atoms with Gasteiger partial charge in [0, 0.05) is 27.1 Å². The van der Waals surface area contributed by atoms with Crippen molar-refractivity contribution >= 4 is 29.2 Å². The zero-order valence-corrected chi connectivity index (χ0v) is 13.9. The maximum absolute atomic E-state index is 3.83. The normalized spacial score (nSPS) is 27.6. The molecule has 1 aromatic carbocycles. The lowest BCUT2D eigenvalue weighted by Crippen LogP contribution is -2.32. The van der Waals surface area contributed by atoms with Crippen LogP contribution < -0.4 is 5.32 Å². The molecule has 0 radical (unpaired) electrons. The number of thioether (sulfide) groups is 2. The first-order valence-electron chi connectivity index (χ1n) is 7.97. The van der Waals surface area contributed by atoms with Crippen molar-refractivity contribution in [2.45, 2.75) is 66.9 Å². The summed E-state index contributed by atoms with van der Waals surface area (Å²) in [7, 11) is 0. The minimum absolute atomic E-state index is 0.638. The van der Waals surface area contributed by atoms with Crippen molar-refractivity contribution in [3.63, 3.8) is 0 Å². The lowest BCUT2D eigenvalue weighted by molar-refractivity contribution is 0.616. The lowest BCUT2D eigenvalue weighted by atomic mass is 10.1. The molecule has 1 aliphatic heterocycles. The largest absolute Gasteiger partial charge is 0.380 e. The summed E-state index contributed by atoms with van der Waals surface area (Å²) in [5.41, 5.74) is 1.36. The molecule has 0 spiro atoms. The summed E-state index contributed by atoms with van der Waals surface area (Å²) >= 11 is 4.21. The summed E-state index contributed by atoms with van der Waals surface area (Å²) < 4.78 is 0. The first kappa shape index (κ1) is 14.6. The molecule has 0 aromatic heterocycles. The Kier molecular flexibility index (Phi) is 5.22. The first-order valence-corrected chi connectivity index (χ1v) is 9.89. The molecule has 1 aromatic rings. The minimum Gasteiger partial charge on any atom is -0.380 e. The third-order valence-corrected chi connectivity index (χ3v) is 7.22. The average molecular weight is 308 g/mol. The maximum Gasteiger partial charge on any atom is 0.0480 e. The second-order valence-electron chi connectivity index (χ2n) is 5.99. The third kappa shape index (κ3) is 3.67. The predicted molar refractivity (Wildman–Crippen MR) is 93.1 cm³/mol. The van der Waals surface area contributed by atoms with E-state index < -0.39 is 0 Å². The van der Waals surface area contributed by atoms with Crippen molar-refractivity contribution in [1.82, 2.24) is 0 Å². The van der Waals surface area contributed by atoms with Gasteiger partial charge in [-0.25, -0.2) is 0 Å². The molecule has 1 N–H and O–H groups in total. The van der Waals surface area contributed by atoms with Crippen LogP contribution in [0.5, 0.6) is 0 Å². The molecule has 2 atom stereocenters. The Bertz CT molecular complexity index is 429. The number of nitrogens with one attached hydrogen (secondary N) is 1. The number of rotatable bonds is 4. The molecule has 1 saturated carbocycles. The Labute approximate surface area is 131 Å². The zero-order chi connectivity index (χ0) is 13.8. The van der Waals surface area contributed by atoms with E-state index in [1.165, 1.54) is 54.9 Å². The van der Waals surface area contributed by atoms with Gasteiger partial charge in [-0.2, -0.15) is 11.8 Å². The number of benzene rings is 1. The van der Waals surface area contributed by atoms with Crippen LogP contribution in [0, 0.1) is 0 Å². The molecule has 1 nitrogen and oxygen atoms in total. The molecule has 110 valence electrons. The van der Waals surface area contributed by atoms with Gasteiger partial charge in [-0.15, -0.1) is 11.8 Å². The van der Waals surface area contributed by atoms with Gasteiger partial charge in [0.25, 0.3) is 0 Å². The van der Waals surface area contributed by atoms with Crippen molar-refractivity contribution in [1.29, 1.82) is 0 Å². The minimum atomic E-state index is 0.638. The number of hydrogen-bond acceptors (Lipinski definition) is 3. The topological polar surface area (TPSA) is 12.0 Å². The van der Waals surface area contributed by atoms with Crippen LogP contribution in [0.4, 0.5) is 5.69 Å². The van der Waals surface area contributed by atoms with Gasteiger partial charge >= 0.3 is 0 Å². The van der Waals surface area contributed by atoms with Crippen LogP contribution >= 0.6 is 23.5 Å². The smallest absolute Gasteiger partial charge is 0.0480 e. The van der Waals surface area contributed by atoms with E-state index in [2.05, 4.69) is 60.0 Å². The maximum atomic E-state index is 3.83. The summed E-state index contributed by atoms with van der Waals surface area (Å²) in [4.78, 5) is 1.46. The van der Waals surface area contributed by atoms with Crippen LogP contribution in [-0.4, -0.2) is 22.3 Å². The fourth-order valence-corrected chi connectivity index (χ4v) is 5.67. The summed E-state index contributed by atoms with van der Waals surface area (Å²) in [6.07, 6.45) is 8.30. The van der Waals surface area contributed by atoms with Crippen LogP contribution in [0.25, 0.3) is 0 Å². The number of hydrogen-bond donors (Lipinski definition) is 1. The number of para-hydroxylation sites is 1. The highest BCUT2D eigenvalue weighted by atomic mass is 32.2. The highest BCUT2D eigenvalue weighted by Gasteiger charge is 2.23. The van der Waals surface area contributed by atoms with E-state index in [0.717, 1.165) is 10.5 Å². The van der Waals surface area contributed by atoms with E-state index in [9.17, 15) is 0 Å². The van der Waals surface area contributed by atoms with Crippen molar-refractivity contribution in [3.05, 3.63) is 24.3 Å². The van der Waals surface area contributed by atoms with Gasteiger partial charge in [-0.1, -0.05) is 31.9 Å². The fraction of sp³-hybridized carbons (Fsp3) is 0.647. The molecule has 3 rings (SSSR count). The van der Waals surface area contributed by atoms with Crippen LogP contribution in [0.2, 0.25) is 0 Å². The molecule has 1 aliphatic carbocycles.